The number of aliphatic carboxylic acids is 1. The van der Waals surface area contributed by atoms with Gasteiger partial charge < -0.3 is 10.4 Å². The second-order valence-corrected chi connectivity index (χ2v) is 4.70. The Morgan fingerprint density at radius 1 is 1.25 bits per heavy atom. The van der Waals surface area contributed by atoms with E-state index < -0.39 is 17.9 Å². The van der Waals surface area contributed by atoms with Gasteiger partial charge in [-0.3, -0.25) is 4.79 Å². The van der Waals surface area contributed by atoms with Crippen LogP contribution >= 0.6 is 0 Å². The molecule has 0 radical (unpaired) electrons. The van der Waals surface area contributed by atoms with E-state index in [0.29, 0.717) is 24.8 Å². The van der Waals surface area contributed by atoms with E-state index in [1.54, 1.807) is 12.1 Å². The molecule has 20 heavy (non-hydrogen) atoms. The maximum atomic E-state index is 12.9. The van der Waals surface area contributed by atoms with Crippen molar-refractivity contribution in [2.75, 3.05) is 0 Å². The third-order valence-electron chi connectivity index (χ3n) is 3.19. The monoisotopic (exact) mass is 281 g/mol. The molecule has 5 heteroatoms. The lowest BCUT2D eigenvalue weighted by Gasteiger charge is -2.19. The van der Waals surface area contributed by atoms with Gasteiger partial charge in [0.1, 0.15) is 11.9 Å². The summed E-state index contributed by atoms with van der Waals surface area (Å²) in [6.45, 7) is 3.70. The van der Waals surface area contributed by atoms with Gasteiger partial charge in [-0.2, -0.15) is 0 Å². The van der Waals surface area contributed by atoms with Crippen LogP contribution in [0.25, 0.3) is 0 Å². The number of carbonyl (C=O) groups is 2. The van der Waals surface area contributed by atoms with E-state index in [-0.39, 0.29) is 11.7 Å². The van der Waals surface area contributed by atoms with Crippen molar-refractivity contribution in [2.24, 2.45) is 0 Å². The molecule has 0 aromatic heterocycles. The first-order chi connectivity index (χ1) is 9.49. The SMILES string of the molecule is CCCC(NC(=O)C(CC)c1ccc(F)cc1)C(=O)O. The maximum Gasteiger partial charge on any atom is 0.326 e. The topological polar surface area (TPSA) is 66.4 Å². The fourth-order valence-electron chi connectivity index (χ4n) is 2.09. The first-order valence-corrected chi connectivity index (χ1v) is 6.78. The Kier molecular flexibility index (Phi) is 6.15. The largest absolute Gasteiger partial charge is 0.480 e. The number of benzene rings is 1. The molecule has 0 aliphatic carbocycles. The van der Waals surface area contributed by atoms with Gasteiger partial charge in [0.2, 0.25) is 5.91 Å². The first-order valence-electron chi connectivity index (χ1n) is 6.78. The van der Waals surface area contributed by atoms with Gasteiger partial charge in [-0.25, -0.2) is 9.18 Å². The number of hydrogen-bond donors (Lipinski definition) is 2. The molecule has 4 nitrogen and oxygen atoms in total. The third-order valence-corrected chi connectivity index (χ3v) is 3.19. The van der Waals surface area contributed by atoms with Crippen molar-refractivity contribution >= 4 is 11.9 Å². The smallest absolute Gasteiger partial charge is 0.326 e. The molecule has 2 unspecified atom stereocenters. The minimum absolute atomic E-state index is 0.333. The number of rotatable bonds is 7. The van der Waals surface area contributed by atoms with E-state index in [1.165, 1.54) is 12.1 Å². The van der Waals surface area contributed by atoms with Crippen LogP contribution < -0.4 is 5.32 Å². The molecule has 0 aliphatic heterocycles. The van der Waals surface area contributed by atoms with Crippen molar-refractivity contribution in [2.45, 2.75) is 45.1 Å². The van der Waals surface area contributed by atoms with Gasteiger partial charge in [-0.1, -0.05) is 32.4 Å². The summed E-state index contributed by atoms with van der Waals surface area (Å²) in [6.07, 6.45) is 1.58. The number of halogens is 1. The second-order valence-electron chi connectivity index (χ2n) is 4.70. The zero-order valence-electron chi connectivity index (χ0n) is 11.7. The average molecular weight is 281 g/mol. The zero-order valence-corrected chi connectivity index (χ0v) is 11.7. The standard InChI is InChI=1S/C15H20FNO3/c1-3-5-13(15(19)20)17-14(18)12(4-2)10-6-8-11(16)9-7-10/h6-9,12-13H,3-5H2,1-2H3,(H,17,18)(H,19,20). The predicted octanol–water partition coefficient (Wildman–Crippen LogP) is 2.69. The van der Waals surface area contributed by atoms with Crippen molar-refractivity contribution in [3.05, 3.63) is 35.6 Å². The summed E-state index contributed by atoms with van der Waals surface area (Å²) in [5.41, 5.74) is 0.687. The van der Waals surface area contributed by atoms with Gasteiger partial charge >= 0.3 is 5.97 Å². The van der Waals surface area contributed by atoms with Crippen LogP contribution in [0, 0.1) is 5.82 Å². The molecule has 0 saturated heterocycles. The number of carbonyl (C=O) groups excluding carboxylic acids is 1. The molecule has 0 saturated carbocycles. The third kappa shape index (κ3) is 4.33. The number of amides is 1. The normalized spacial score (nSPS) is 13.6. The van der Waals surface area contributed by atoms with Gasteiger partial charge in [0, 0.05) is 0 Å². The molecule has 1 aromatic carbocycles. The fraction of sp³-hybridized carbons (Fsp3) is 0.467. The highest BCUT2D eigenvalue weighted by Gasteiger charge is 2.24. The zero-order chi connectivity index (χ0) is 15.1. The summed E-state index contributed by atoms with van der Waals surface area (Å²) in [5, 5.41) is 11.6. The van der Waals surface area contributed by atoms with E-state index >= 15 is 0 Å². The molecule has 110 valence electrons. The fourth-order valence-corrected chi connectivity index (χ4v) is 2.09. The van der Waals surface area contributed by atoms with E-state index in [1.807, 2.05) is 13.8 Å². The second kappa shape index (κ2) is 7.62. The molecule has 1 aromatic rings. The lowest BCUT2D eigenvalue weighted by Crippen LogP contribution is -2.42. The molecule has 1 rings (SSSR count). The van der Waals surface area contributed by atoms with Crippen LogP contribution in [0.4, 0.5) is 4.39 Å². The number of nitrogens with one attached hydrogen (secondary N) is 1. The Hall–Kier alpha value is -1.91. The molecule has 1 amide bonds. The summed E-state index contributed by atoms with van der Waals surface area (Å²) >= 11 is 0. The Morgan fingerprint density at radius 2 is 1.85 bits per heavy atom. The molecule has 2 N–H and O–H groups in total. The molecule has 0 heterocycles. The van der Waals surface area contributed by atoms with Crippen LogP contribution in [0.2, 0.25) is 0 Å². The predicted molar refractivity (Wildman–Crippen MR) is 73.9 cm³/mol. The van der Waals surface area contributed by atoms with Crippen molar-refractivity contribution in [3.8, 4) is 0 Å². The van der Waals surface area contributed by atoms with Gasteiger partial charge in [-0.05, 0) is 30.5 Å². The first kappa shape index (κ1) is 16.1. The van der Waals surface area contributed by atoms with E-state index in [0.717, 1.165) is 0 Å². The average Bonchev–Trinajstić information content (AvgIpc) is 2.41. The lowest BCUT2D eigenvalue weighted by atomic mass is 9.95. The quantitative estimate of drug-likeness (QED) is 0.807. The Bertz CT molecular complexity index is 459. The minimum atomic E-state index is -1.03. The highest BCUT2D eigenvalue weighted by atomic mass is 19.1. The van der Waals surface area contributed by atoms with Gasteiger partial charge in [0.05, 0.1) is 5.92 Å². The number of hydrogen-bond acceptors (Lipinski definition) is 2. The van der Waals surface area contributed by atoms with Crippen molar-refractivity contribution in [1.29, 1.82) is 0 Å². The minimum Gasteiger partial charge on any atom is -0.480 e. The summed E-state index contributed by atoms with van der Waals surface area (Å²) in [4.78, 5) is 23.2. The molecular formula is C15H20FNO3. The lowest BCUT2D eigenvalue weighted by molar-refractivity contribution is -0.142. The summed E-state index contributed by atoms with van der Waals surface area (Å²) in [7, 11) is 0. The maximum absolute atomic E-state index is 12.9. The molecule has 0 fully saturated rings. The summed E-state index contributed by atoms with van der Waals surface area (Å²) in [5.74, 6) is -2.19. The van der Waals surface area contributed by atoms with Crippen LogP contribution in [0.1, 0.15) is 44.6 Å². The highest BCUT2D eigenvalue weighted by Crippen LogP contribution is 2.20. The molecular weight excluding hydrogens is 261 g/mol. The van der Waals surface area contributed by atoms with Gasteiger partial charge in [-0.15, -0.1) is 0 Å². The van der Waals surface area contributed by atoms with Crippen LogP contribution in [-0.4, -0.2) is 23.0 Å². The van der Waals surface area contributed by atoms with Crippen LogP contribution in [0.5, 0.6) is 0 Å². The molecule has 0 aliphatic rings. The van der Waals surface area contributed by atoms with Gasteiger partial charge in [0.25, 0.3) is 0 Å². The van der Waals surface area contributed by atoms with Gasteiger partial charge in [0.15, 0.2) is 0 Å². The Morgan fingerprint density at radius 3 is 2.30 bits per heavy atom. The van der Waals surface area contributed by atoms with Crippen molar-refractivity contribution < 1.29 is 19.1 Å². The molecule has 0 spiro atoms. The van der Waals surface area contributed by atoms with Crippen LogP contribution in [0.15, 0.2) is 24.3 Å². The van der Waals surface area contributed by atoms with Crippen LogP contribution in [-0.2, 0) is 9.59 Å². The Labute approximate surface area is 118 Å². The summed E-state index contributed by atoms with van der Waals surface area (Å²) < 4.78 is 12.9. The van der Waals surface area contributed by atoms with Crippen molar-refractivity contribution in [3.63, 3.8) is 0 Å². The highest BCUT2D eigenvalue weighted by molar-refractivity contribution is 5.88. The van der Waals surface area contributed by atoms with E-state index in [2.05, 4.69) is 5.32 Å². The van der Waals surface area contributed by atoms with E-state index in [9.17, 15) is 14.0 Å². The van der Waals surface area contributed by atoms with Crippen molar-refractivity contribution in [1.82, 2.24) is 5.32 Å². The number of carboxylic acid groups (broad SMARTS) is 1. The van der Waals surface area contributed by atoms with E-state index in [4.69, 9.17) is 5.11 Å². The number of carboxylic acids is 1. The Balaban J connectivity index is 2.81. The molecule has 0 bridgehead atoms. The summed E-state index contributed by atoms with van der Waals surface area (Å²) in [6, 6.07) is 4.83. The van der Waals surface area contributed by atoms with Crippen LogP contribution in [0.3, 0.4) is 0 Å². The molecule has 2 atom stereocenters.